The molecule has 0 bridgehead atoms. The predicted molar refractivity (Wildman–Crippen MR) is 53.6 cm³/mol. The molecule has 0 radical (unpaired) electrons. The molecule has 12 heavy (non-hydrogen) atoms. The van der Waals surface area contributed by atoms with Crippen molar-refractivity contribution >= 4 is 18.0 Å². The molecule has 0 N–H and O–H groups in total. The second kappa shape index (κ2) is 4.87. The van der Waals surface area contributed by atoms with Crippen molar-refractivity contribution < 1.29 is 4.79 Å². The Balaban J connectivity index is 2.52. The topological polar surface area (TPSA) is 20.3 Å². The average Bonchev–Trinajstić information content (AvgIpc) is 2.28. The van der Waals surface area contributed by atoms with Crippen LogP contribution in [0.15, 0.2) is 0 Å². The van der Waals surface area contributed by atoms with E-state index in [4.69, 9.17) is 0 Å². The molecule has 0 aromatic carbocycles. The van der Waals surface area contributed by atoms with Gasteiger partial charge in [-0.1, -0.05) is 0 Å². The van der Waals surface area contributed by atoms with E-state index in [-0.39, 0.29) is 6.04 Å². The first-order valence-corrected chi connectivity index (χ1v) is 5.70. The number of thioether (sulfide) groups is 1. The summed E-state index contributed by atoms with van der Waals surface area (Å²) in [6.07, 6.45) is 2.26. The Bertz CT molecular complexity index is 151. The van der Waals surface area contributed by atoms with Crippen molar-refractivity contribution in [1.29, 1.82) is 0 Å². The van der Waals surface area contributed by atoms with Gasteiger partial charge in [0, 0.05) is 18.3 Å². The minimum Gasteiger partial charge on any atom is -0.302 e. The maximum Gasteiger partial charge on any atom is 0.136 e. The van der Waals surface area contributed by atoms with Crippen LogP contribution in [0.4, 0.5) is 0 Å². The molecule has 1 aliphatic rings. The van der Waals surface area contributed by atoms with Crippen LogP contribution in [0, 0.1) is 0 Å². The molecule has 0 aromatic rings. The summed E-state index contributed by atoms with van der Waals surface area (Å²) in [6.45, 7) is 5.26. The highest BCUT2D eigenvalue weighted by atomic mass is 32.2. The zero-order chi connectivity index (χ0) is 8.97. The van der Waals surface area contributed by atoms with E-state index in [9.17, 15) is 4.79 Å². The Morgan fingerprint density at radius 1 is 1.58 bits per heavy atom. The molecule has 0 aliphatic carbocycles. The molecule has 2 unspecified atom stereocenters. The highest BCUT2D eigenvalue weighted by Crippen LogP contribution is 2.17. The molecule has 2 nitrogen and oxygen atoms in total. The number of carbonyl (C=O) groups is 1. The number of hydrogen-bond donors (Lipinski definition) is 0. The van der Waals surface area contributed by atoms with E-state index >= 15 is 0 Å². The zero-order valence-electron chi connectivity index (χ0n) is 7.82. The van der Waals surface area contributed by atoms with Gasteiger partial charge in [0.2, 0.25) is 0 Å². The van der Waals surface area contributed by atoms with Crippen LogP contribution in [0.5, 0.6) is 0 Å². The van der Waals surface area contributed by atoms with Gasteiger partial charge in [0.15, 0.2) is 0 Å². The maximum absolute atomic E-state index is 10.6. The van der Waals surface area contributed by atoms with E-state index in [2.05, 4.69) is 11.8 Å². The van der Waals surface area contributed by atoms with Crippen molar-refractivity contribution in [3.05, 3.63) is 0 Å². The largest absolute Gasteiger partial charge is 0.302 e. The van der Waals surface area contributed by atoms with Gasteiger partial charge in [0.25, 0.3) is 0 Å². The maximum atomic E-state index is 10.6. The molecule has 1 saturated heterocycles. The van der Waals surface area contributed by atoms with Gasteiger partial charge in [-0.2, -0.15) is 11.8 Å². The van der Waals surface area contributed by atoms with Crippen LogP contribution in [0.3, 0.4) is 0 Å². The van der Waals surface area contributed by atoms with Gasteiger partial charge in [-0.05, 0) is 26.0 Å². The van der Waals surface area contributed by atoms with Crippen LogP contribution in [0.25, 0.3) is 0 Å². The first-order chi connectivity index (χ1) is 5.75. The Morgan fingerprint density at radius 3 is 3.00 bits per heavy atom. The molecule has 1 rings (SSSR count). The molecule has 0 spiro atoms. The van der Waals surface area contributed by atoms with Crippen molar-refractivity contribution in [3.8, 4) is 0 Å². The van der Waals surface area contributed by atoms with E-state index in [0.29, 0.717) is 6.04 Å². The molecular formula is C9H17NOS. The Labute approximate surface area is 78.7 Å². The van der Waals surface area contributed by atoms with Crippen LogP contribution in [0.2, 0.25) is 0 Å². The van der Waals surface area contributed by atoms with Crippen LogP contribution in [-0.2, 0) is 4.79 Å². The molecule has 1 heterocycles. The first kappa shape index (κ1) is 10.1. The summed E-state index contributed by atoms with van der Waals surface area (Å²) in [5.41, 5.74) is 0. The van der Waals surface area contributed by atoms with Crippen molar-refractivity contribution in [2.24, 2.45) is 0 Å². The van der Waals surface area contributed by atoms with Gasteiger partial charge in [-0.3, -0.25) is 4.90 Å². The third-order valence-electron chi connectivity index (χ3n) is 2.46. The minimum atomic E-state index is 0.0960. The van der Waals surface area contributed by atoms with Gasteiger partial charge in [0.05, 0.1) is 6.04 Å². The monoisotopic (exact) mass is 187 g/mol. The summed E-state index contributed by atoms with van der Waals surface area (Å²) < 4.78 is 0. The smallest absolute Gasteiger partial charge is 0.136 e. The van der Waals surface area contributed by atoms with Crippen molar-refractivity contribution in [2.75, 3.05) is 18.1 Å². The molecule has 0 aromatic heterocycles. The predicted octanol–water partition coefficient (Wildman–Crippen LogP) is 1.40. The lowest BCUT2D eigenvalue weighted by atomic mass is 10.2. The summed E-state index contributed by atoms with van der Waals surface area (Å²) in [5, 5.41) is 0. The summed E-state index contributed by atoms with van der Waals surface area (Å²) in [6, 6.07) is 0.666. The lowest BCUT2D eigenvalue weighted by Gasteiger charge is -2.29. The second-order valence-corrected chi connectivity index (χ2v) is 4.59. The van der Waals surface area contributed by atoms with E-state index in [1.54, 1.807) is 0 Å². The summed E-state index contributed by atoms with van der Waals surface area (Å²) in [5.74, 6) is 2.41. The summed E-state index contributed by atoms with van der Waals surface area (Å²) in [4.78, 5) is 12.9. The Hall–Kier alpha value is -0.0200. The van der Waals surface area contributed by atoms with Gasteiger partial charge in [-0.25, -0.2) is 0 Å². The first-order valence-electron chi connectivity index (χ1n) is 4.54. The van der Waals surface area contributed by atoms with E-state index in [0.717, 1.165) is 12.8 Å². The molecule has 1 fully saturated rings. The molecular weight excluding hydrogens is 170 g/mol. The number of aldehydes is 1. The van der Waals surface area contributed by atoms with E-state index < -0.39 is 0 Å². The van der Waals surface area contributed by atoms with Gasteiger partial charge in [0.1, 0.15) is 6.29 Å². The zero-order valence-corrected chi connectivity index (χ0v) is 8.64. The quantitative estimate of drug-likeness (QED) is 0.610. The summed E-state index contributed by atoms with van der Waals surface area (Å²) in [7, 11) is 0. The van der Waals surface area contributed by atoms with Crippen LogP contribution in [0.1, 0.15) is 20.3 Å². The minimum absolute atomic E-state index is 0.0960. The Kier molecular flexibility index (Phi) is 4.09. The number of carbonyl (C=O) groups excluding carboxylic acids is 1. The van der Waals surface area contributed by atoms with E-state index in [1.165, 1.54) is 17.9 Å². The molecule has 1 aliphatic heterocycles. The van der Waals surface area contributed by atoms with Gasteiger partial charge in [-0.15, -0.1) is 0 Å². The van der Waals surface area contributed by atoms with Crippen molar-refractivity contribution in [1.82, 2.24) is 4.90 Å². The van der Waals surface area contributed by atoms with Crippen LogP contribution in [-0.4, -0.2) is 41.3 Å². The number of rotatable bonds is 2. The Morgan fingerprint density at radius 2 is 2.33 bits per heavy atom. The molecule has 0 saturated carbocycles. The average molecular weight is 187 g/mol. The number of hydrogen-bond acceptors (Lipinski definition) is 3. The van der Waals surface area contributed by atoms with E-state index in [1.807, 2.05) is 18.7 Å². The van der Waals surface area contributed by atoms with Gasteiger partial charge < -0.3 is 4.79 Å². The molecule has 70 valence electrons. The fraction of sp³-hybridized carbons (Fsp3) is 0.889. The third-order valence-corrected chi connectivity index (χ3v) is 3.46. The number of nitrogens with zero attached hydrogens (tertiary/aromatic N) is 1. The van der Waals surface area contributed by atoms with Crippen LogP contribution < -0.4 is 0 Å². The molecule has 0 amide bonds. The second-order valence-electron chi connectivity index (χ2n) is 3.36. The standard InChI is InChI=1S/C9H17NOS/c1-8-3-5-12-6-4-10(8)9(2)7-11/h7-9H,3-6H2,1-2H3. The fourth-order valence-electron chi connectivity index (χ4n) is 1.60. The highest BCUT2D eigenvalue weighted by molar-refractivity contribution is 7.99. The molecule has 2 atom stereocenters. The lowest BCUT2D eigenvalue weighted by molar-refractivity contribution is -0.112. The molecule has 3 heteroatoms. The lowest BCUT2D eigenvalue weighted by Crippen LogP contribution is -2.41. The fourth-order valence-corrected chi connectivity index (χ4v) is 2.65. The van der Waals surface area contributed by atoms with Crippen molar-refractivity contribution in [3.63, 3.8) is 0 Å². The third kappa shape index (κ3) is 2.49. The normalized spacial score (nSPS) is 29.3. The van der Waals surface area contributed by atoms with Crippen molar-refractivity contribution in [2.45, 2.75) is 32.4 Å². The van der Waals surface area contributed by atoms with Crippen LogP contribution >= 0.6 is 11.8 Å². The SMILES string of the molecule is CC(C=O)N1CCSCCC1C. The summed E-state index contributed by atoms with van der Waals surface area (Å²) >= 11 is 1.99. The highest BCUT2D eigenvalue weighted by Gasteiger charge is 2.21. The van der Waals surface area contributed by atoms with Gasteiger partial charge >= 0.3 is 0 Å².